The standard InChI is InChI=1S/C21H17N5O/c1-14-4-2-6-18-19(14)25-20(24-18)16-7-9-17(10-8-16)21(27)26-23-13-15-5-3-11-22-12-15/h2-13H,1H3,(H,24,25)(H,26,27)/b23-13+. The van der Waals surface area contributed by atoms with Crippen molar-refractivity contribution in [1.29, 1.82) is 0 Å². The second-order valence-electron chi connectivity index (χ2n) is 6.12. The predicted molar refractivity (Wildman–Crippen MR) is 106 cm³/mol. The summed E-state index contributed by atoms with van der Waals surface area (Å²) in [5.41, 5.74) is 7.85. The van der Waals surface area contributed by atoms with E-state index in [1.165, 1.54) is 0 Å². The van der Waals surface area contributed by atoms with Crippen LogP contribution in [-0.2, 0) is 0 Å². The van der Waals surface area contributed by atoms with Gasteiger partial charge in [0.05, 0.1) is 17.2 Å². The highest BCUT2D eigenvalue weighted by molar-refractivity contribution is 5.95. The molecule has 4 rings (SSSR count). The summed E-state index contributed by atoms with van der Waals surface area (Å²) in [6.45, 7) is 2.03. The Bertz CT molecular complexity index is 1110. The maximum Gasteiger partial charge on any atom is 0.271 e. The Kier molecular flexibility index (Phi) is 4.45. The number of hydrogen-bond acceptors (Lipinski definition) is 4. The molecule has 2 aromatic carbocycles. The summed E-state index contributed by atoms with van der Waals surface area (Å²) < 4.78 is 0. The summed E-state index contributed by atoms with van der Waals surface area (Å²) in [5.74, 6) is 0.503. The third-order valence-electron chi connectivity index (χ3n) is 4.20. The van der Waals surface area contributed by atoms with Gasteiger partial charge in [-0.2, -0.15) is 5.10 Å². The summed E-state index contributed by atoms with van der Waals surface area (Å²) in [4.78, 5) is 24.2. The minimum Gasteiger partial charge on any atom is -0.338 e. The molecule has 0 saturated heterocycles. The average Bonchev–Trinajstić information content (AvgIpc) is 3.15. The lowest BCUT2D eigenvalue weighted by Crippen LogP contribution is -2.17. The van der Waals surface area contributed by atoms with Crippen LogP contribution in [0.3, 0.4) is 0 Å². The van der Waals surface area contributed by atoms with E-state index in [2.05, 4.69) is 25.5 Å². The van der Waals surface area contributed by atoms with E-state index in [1.54, 1.807) is 36.8 Å². The Morgan fingerprint density at radius 2 is 1.96 bits per heavy atom. The van der Waals surface area contributed by atoms with Gasteiger partial charge in [-0.15, -0.1) is 0 Å². The topological polar surface area (TPSA) is 83.0 Å². The highest BCUT2D eigenvalue weighted by Crippen LogP contribution is 2.22. The van der Waals surface area contributed by atoms with Crippen LogP contribution in [0.5, 0.6) is 0 Å². The Balaban J connectivity index is 1.48. The molecule has 4 aromatic rings. The number of aromatic amines is 1. The first-order chi connectivity index (χ1) is 13.2. The predicted octanol–water partition coefficient (Wildman–Crippen LogP) is 3.70. The SMILES string of the molecule is Cc1cccc2[nH]c(-c3ccc(C(=O)N/N=C/c4cccnc4)cc3)nc12. The van der Waals surface area contributed by atoms with E-state index in [0.29, 0.717) is 5.56 Å². The molecule has 1 amide bonds. The van der Waals surface area contributed by atoms with Gasteiger partial charge in [0.1, 0.15) is 5.82 Å². The zero-order chi connectivity index (χ0) is 18.6. The number of pyridine rings is 1. The summed E-state index contributed by atoms with van der Waals surface area (Å²) >= 11 is 0. The smallest absolute Gasteiger partial charge is 0.271 e. The number of imidazole rings is 1. The molecule has 2 aromatic heterocycles. The molecule has 2 heterocycles. The quantitative estimate of drug-likeness (QED) is 0.432. The van der Waals surface area contributed by atoms with Crippen LogP contribution in [0.1, 0.15) is 21.5 Å². The molecule has 0 aliphatic heterocycles. The molecule has 0 fully saturated rings. The Hall–Kier alpha value is -3.80. The number of nitrogens with one attached hydrogen (secondary N) is 2. The molecule has 0 bridgehead atoms. The van der Waals surface area contributed by atoms with Gasteiger partial charge in [0.25, 0.3) is 5.91 Å². The van der Waals surface area contributed by atoms with Crippen LogP contribution in [0.4, 0.5) is 0 Å². The van der Waals surface area contributed by atoms with Gasteiger partial charge < -0.3 is 4.98 Å². The third-order valence-corrected chi connectivity index (χ3v) is 4.20. The number of hydrogen-bond donors (Lipinski definition) is 2. The van der Waals surface area contributed by atoms with E-state index in [4.69, 9.17) is 0 Å². The summed E-state index contributed by atoms with van der Waals surface area (Å²) in [6.07, 6.45) is 4.90. The minimum absolute atomic E-state index is 0.276. The van der Waals surface area contributed by atoms with Crippen LogP contribution in [-0.4, -0.2) is 27.1 Å². The van der Waals surface area contributed by atoms with Crippen LogP contribution in [0.25, 0.3) is 22.4 Å². The summed E-state index contributed by atoms with van der Waals surface area (Å²) in [5, 5.41) is 3.95. The molecule has 0 saturated carbocycles. The lowest BCUT2D eigenvalue weighted by atomic mass is 10.1. The minimum atomic E-state index is -0.276. The Morgan fingerprint density at radius 3 is 2.70 bits per heavy atom. The van der Waals surface area contributed by atoms with E-state index in [9.17, 15) is 4.79 Å². The van der Waals surface area contributed by atoms with Crippen LogP contribution in [0.15, 0.2) is 72.1 Å². The van der Waals surface area contributed by atoms with Crippen molar-refractivity contribution in [1.82, 2.24) is 20.4 Å². The number of aryl methyl sites for hydroxylation is 1. The second kappa shape index (κ2) is 7.21. The lowest BCUT2D eigenvalue weighted by molar-refractivity contribution is 0.0955. The first-order valence-corrected chi connectivity index (χ1v) is 8.50. The fourth-order valence-corrected chi connectivity index (χ4v) is 2.77. The molecule has 0 aliphatic carbocycles. The first kappa shape index (κ1) is 16.7. The van der Waals surface area contributed by atoms with Crippen LogP contribution in [0, 0.1) is 6.92 Å². The molecular weight excluding hydrogens is 338 g/mol. The fourth-order valence-electron chi connectivity index (χ4n) is 2.77. The monoisotopic (exact) mass is 355 g/mol. The van der Waals surface area contributed by atoms with Crippen molar-refractivity contribution in [3.8, 4) is 11.4 Å². The number of carbonyl (C=O) groups is 1. The first-order valence-electron chi connectivity index (χ1n) is 8.50. The van der Waals surface area contributed by atoms with Gasteiger partial charge in [-0.1, -0.05) is 30.3 Å². The van der Waals surface area contributed by atoms with Gasteiger partial charge in [-0.05, 0) is 36.8 Å². The molecule has 0 spiro atoms. The summed E-state index contributed by atoms with van der Waals surface area (Å²) in [6, 6.07) is 16.9. The van der Waals surface area contributed by atoms with Crippen molar-refractivity contribution in [3.05, 3.63) is 83.7 Å². The number of fused-ring (bicyclic) bond motifs is 1. The number of amides is 1. The summed E-state index contributed by atoms with van der Waals surface area (Å²) in [7, 11) is 0. The molecule has 0 aliphatic rings. The molecule has 0 atom stereocenters. The number of rotatable bonds is 4. The van der Waals surface area contributed by atoms with Gasteiger partial charge in [-0.25, -0.2) is 10.4 Å². The number of carbonyl (C=O) groups excluding carboxylic acids is 1. The zero-order valence-corrected chi connectivity index (χ0v) is 14.7. The second-order valence-corrected chi connectivity index (χ2v) is 6.12. The highest BCUT2D eigenvalue weighted by Gasteiger charge is 2.09. The average molecular weight is 355 g/mol. The van der Waals surface area contributed by atoms with E-state index in [1.807, 2.05) is 43.3 Å². The molecule has 6 nitrogen and oxygen atoms in total. The lowest BCUT2D eigenvalue weighted by Gasteiger charge is -2.01. The van der Waals surface area contributed by atoms with Crippen LogP contribution in [0.2, 0.25) is 0 Å². The van der Waals surface area contributed by atoms with E-state index in [0.717, 1.165) is 33.5 Å². The molecule has 2 N–H and O–H groups in total. The fraction of sp³-hybridized carbons (Fsp3) is 0.0476. The van der Waals surface area contributed by atoms with Gasteiger partial charge in [0.15, 0.2) is 0 Å². The largest absolute Gasteiger partial charge is 0.338 e. The highest BCUT2D eigenvalue weighted by atomic mass is 16.2. The molecule has 6 heteroatoms. The zero-order valence-electron chi connectivity index (χ0n) is 14.7. The molecule has 0 unspecified atom stereocenters. The van der Waals surface area contributed by atoms with Crippen LogP contribution >= 0.6 is 0 Å². The molecule has 132 valence electrons. The maximum atomic E-state index is 12.2. The van der Waals surface area contributed by atoms with E-state index < -0.39 is 0 Å². The van der Waals surface area contributed by atoms with Crippen molar-refractivity contribution in [3.63, 3.8) is 0 Å². The third kappa shape index (κ3) is 3.59. The Labute approximate surface area is 156 Å². The number of H-pyrrole nitrogens is 1. The number of aromatic nitrogens is 3. The molecular formula is C21H17N5O. The number of nitrogens with zero attached hydrogens (tertiary/aromatic N) is 3. The van der Waals surface area contributed by atoms with Crippen molar-refractivity contribution < 1.29 is 4.79 Å². The number of para-hydroxylation sites is 1. The van der Waals surface area contributed by atoms with E-state index >= 15 is 0 Å². The van der Waals surface area contributed by atoms with Crippen molar-refractivity contribution in [2.75, 3.05) is 0 Å². The number of benzene rings is 2. The maximum absolute atomic E-state index is 12.2. The van der Waals surface area contributed by atoms with Gasteiger partial charge >= 0.3 is 0 Å². The van der Waals surface area contributed by atoms with Crippen molar-refractivity contribution in [2.45, 2.75) is 6.92 Å². The van der Waals surface area contributed by atoms with E-state index in [-0.39, 0.29) is 5.91 Å². The van der Waals surface area contributed by atoms with Gasteiger partial charge in [-0.3, -0.25) is 9.78 Å². The Morgan fingerprint density at radius 1 is 1.11 bits per heavy atom. The number of hydrazone groups is 1. The van der Waals surface area contributed by atoms with Crippen LogP contribution < -0.4 is 5.43 Å². The normalized spacial score (nSPS) is 11.1. The molecule has 0 radical (unpaired) electrons. The van der Waals surface area contributed by atoms with Crippen molar-refractivity contribution in [2.24, 2.45) is 5.10 Å². The molecule has 27 heavy (non-hydrogen) atoms. The van der Waals surface area contributed by atoms with Gasteiger partial charge in [0.2, 0.25) is 0 Å². The van der Waals surface area contributed by atoms with Gasteiger partial charge in [0, 0.05) is 29.1 Å². The van der Waals surface area contributed by atoms with Crippen molar-refractivity contribution >= 4 is 23.2 Å².